The molecule has 1 spiro atoms. The van der Waals surface area contributed by atoms with Crippen molar-refractivity contribution in [3.8, 4) is 0 Å². The predicted molar refractivity (Wildman–Crippen MR) is 112 cm³/mol. The minimum atomic E-state index is -0.0384. The molecule has 1 amide bonds. The number of carbonyl (C=O) groups excluding carboxylic acids is 1. The Bertz CT molecular complexity index is 788. The number of carbonyl (C=O) groups is 1. The van der Waals surface area contributed by atoms with Gasteiger partial charge in [-0.2, -0.15) is 0 Å². The van der Waals surface area contributed by atoms with E-state index in [4.69, 9.17) is 0 Å². The number of halogens is 2. The summed E-state index contributed by atoms with van der Waals surface area (Å²) in [7, 11) is 0. The van der Waals surface area contributed by atoms with Crippen LogP contribution in [0.25, 0.3) is 0 Å². The van der Waals surface area contributed by atoms with E-state index in [9.17, 15) is 4.79 Å². The van der Waals surface area contributed by atoms with Crippen molar-refractivity contribution in [2.75, 3.05) is 13.1 Å². The summed E-state index contributed by atoms with van der Waals surface area (Å²) < 4.78 is 2.10. The highest BCUT2D eigenvalue weighted by Crippen LogP contribution is 2.56. The normalized spacial score (nSPS) is 19.4. The first-order valence-electron chi connectivity index (χ1n) is 9.43. The topological polar surface area (TPSA) is 75.9 Å². The third kappa shape index (κ3) is 4.31. The molecule has 2 fully saturated rings. The summed E-state index contributed by atoms with van der Waals surface area (Å²) in [6, 6.07) is 0.266. The fourth-order valence-electron chi connectivity index (χ4n) is 4.13. The first-order chi connectivity index (χ1) is 12.6. The van der Waals surface area contributed by atoms with E-state index in [1.165, 1.54) is 0 Å². The van der Waals surface area contributed by atoms with E-state index < -0.39 is 0 Å². The molecule has 4 rings (SSSR count). The number of hydrogen-bond acceptors (Lipinski definition) is 5. The summed E-state index contributed by atoms with van der Waals surface area (Å²) in [4.78, 5) is 28.3. The van der Waals surface area contributed by atoms with Crippen LogP contribution in [-0.4, -0.2) is 49.5 Å². The molecule has 0 aromatic carbocycles. The number of amides is 1. The average molecular weight is 427 g/mol. The van der Waals surface area contributed by atoms with E-state index in [-0.39, 0.29) is 42.2 Å². The van der Waals surface area contributed by atoms with Crippen molar-refractivity contribution < 1.29 is 4.79 Å². The Morgan fingerprint density at radius 1 is 1.25 bits per heavy atom. The van der Waals surface area contributed by atoms with Gasteiger partial charge < -0.3 is 14.8 Å². The van der Waals surface area contributed by atoms with E-state index >= 15 is 0 Å². The SMILES string of the molecule is CCn1ccnc1CN(C(=O)c1cnc(C)cn1)C1CC12CCNCC2.Cl.Cl. The second-order valence-electron chi connectivity index (χ2n) is 7.44. The van der Waals surface area contributed by atoms with Crippen molar-refractivity contribution in [1.29, 1.82) is 0 Å². The van der Waals surface area contributed by atoms with E-state index in [1.54, 1.807) is 18.6 Å². The first kappa shape index (κ1) is 22.6. The molecule has 1 saturated carbocycles. The Morgan fingerprint density at radius 2 is 2.00 bits per heavy atom. The van der Waals surface area contributed by atoms with Crippen molar-refractivity contribution in [3.63, 3.8) is 0 Å². The van der Waals surface area contributed by atoms with Crippen LogP contribution in [0, 0.1) is 12.3 Å². The molecule has 2 aliphatic rings. The Kier molecular flexibility index (Phi) is 7.42. The van der Waals surface area contributed by atoms with Crippen molar-refractivity contribution in [2.24, 2.45) is 5.41 Å². The summed E-state index contributed by atoms with van der Waals surface area (Å²) in [6.45, 7) is 7.41. The van der Waals surface area contributed by atoms with Gasteiger partial charge in [0, 0.05) is 31.2 Å². The van der Waals surface area contributed by atoms with E-state index in [2.05, 4.69) is 31.8 Å². The molecule has 0 radical (unpaired) electrons. The molecular weight excluding hydrogens is 399 g/mol. The molecule has 28 heavy (non-hydrogen) atoms. The highest BCUT2D eigenvalue weighted by molar-refractivity contribution is 5.92. The molecule has 2 aromatic rings. The minimum absolute atomic E-state index is 0. The number of aryl methyl sites for hydroxylation is 2. The van der Waals surface area contributed by atoms with Gasteiger partial charge in [0.25, 0.3) is 5.91 Å². The van der Waals surface area contributed by atoms with Crippen LogP contribution in [-0.2, 0) is 13.1 Å². The zero-order valence-corrected chi connectivity index (χ0v) is 17.9. The molecule has 1 unspecified atom stereocenters. The van der Waals surface area contributed by atoms with Crippen molar-refractivity contribution in [3.05, 3.63) is 42.0 Å². The van der Waals surface area contributed by atoms with Crippen LogP contribution in [0.3, 0.4) is 0 Å². The van der Waals surface area contributed by atoms with Crippen LogP contribution in [0.2, 0.25) is 0 Å². The Hall–Kier alpha value is -1.70. The van der Waals surface area contributed by atoms with Crippen molar-refractivity contribution in [1.82, 2.24) is 29.7 Å². The number of nitrogens with zero attached hydrogens (tertiary/aromatic N) is 5. The quantitative estimate of drug-likeness (QED) is 0.794. The van der Waals surface area contributed by atoms with Crippen LogP contribution in [0.5, 0.6) is 0 Å². The summed E-state index contributed by atoms with van der Waals surface area (Å²) in [6.07, 6.45) is 10.4. The van der Waals surface area contributed by atoms with Crippen molar-refractivity contribution >= 4 is 30.7 Å². The summed E-state index contributed by atoms with van der Waals surface area (Å²) in [5.74, 6) is 0.889. The third-order valence-corrected chi connectivity index (χ3v) is 5.84. The van der Waals surface area contributed by atoms with Crippen LogP contribution < -0.4 is 5.32 Å². The van der Waals surface area contributed by atoms with Crippen LogP contribution in [0.4, 0.5) is 0 Å². The molecule has 2 aromatic heterocycles. The molecule has 0 bridgehead atoms. The van der Waals surface area contributed by atoms with Gasteiger partial charge in [0.2, 0.25) is 0 Å². The Morgan fingerprint density at radius 3 is 2.64 bits per heavy atom. The molecule has 1 atom stereocenters. The Labute approximate surface area is 178 Å². The number of nitrogens with one attached hydrogen (secondary N) is 1. The second kappa shape index (κ2) is 9.20. The van der Waals surface area contributed by atoms with Gasteiger partial charge in [0.05, 0.1) is 18.4 Å². The van der Waals surface area contributed by atoms with Gasteiger partial charge in [-0.15, -0.1) is 24.8 Å². The fourth-order valence-corrected chi connectivity index (χ4v) is 4.13. The highest BCUT2D eigenvalue weighted by Gasteiger charge is 2.58. The minimum Gasteiger partial charge on any atom is -0.334 e. The number of imidazole rings is 1. The van der Waals surface area contributed by atoms with E-state index in [0.29, 0.717) is 12.2 Å². The molecule has 7 nitrogen and oxygen atoms in total. The molecule has 1 aliphatic heterocycles. The highest BCUT2D eigenvalue weighted by atomic mass is 35.5. The van der Waals surface area contributed by atoms with Crippen molar-refractivity contribution in [2.45, 2.75) is 52.2 Å². The number of aromatic nitrogens is 4. The zero-order valence-electron chi connectivity index (χ0n) is 16.3. The van der Waals surface area contributed by atoms with Gasteiger partial charge >= 0.3 is 0 Å². The monoisotopic (exact) mass is 426 g/mol. The van der Waals surface area contributed by atoms with Crippen LogP contribution in [0.1, 0.15) is 48.2 Å². The van der Waals surface area contributed by atoms with Gasteiger partial charge in [-0.05, 0) is 51.6 Å². The largest absolute Gasteiger partial charge is 0.334 e. The third-order valence-electron chi connectivity index (χ3n) is 5.84. The van der Waals surface area contributed by atoms with Gasteiger partial charge in [-0.3, -0.25) is 9.78 Å². The smallest absolute Gasteiger partial charge is 0.274 e. The van der Waals surface area contributed by atoms with Crippen LogP contribution in [0.15, 0.2) is 24.8 Å². The first-order valence-corrected chi connectivity index (χ1v) is 9.43. The number of piperidine rings is 1. The molecule has 1 aliphatic carbocycles. The maximum absolute atomic E-state index is 13.3. The number of rotatable bonds is 5. The molecule has 154 valence electrons. The predicted octanol–water partition coefficient (Wildman–Crippen LogP) is 2.63. The average Bonchev–Trinajstić information content (AvgIpc) is 3.14. The van der Waals surface area contributed by atoms with E-state index in [1.807, 2.05) is 18.0 Å². The molecular formula is C19H28Cl2N6O. The standard InChI is InChI=1S/C19H26N6O.2ClH/c1-3-24-9-8-21-17(24)13-25(16-10-19(16)4-6-20-7-5-19)18(26)15-12-22-14(2)11-23-15;;/h8-9,11-12,16,20H,3-7,10,13H2,1-2H3;2*1H. The second-order valence-corrected chi connectivity index (χ2v) is 7.44. The molecule has 1 saturated heterocycles. The summed E-state index contributed by atoms with van der Waals surface area (Å²) >= 11 is 0. The van der Waals surface area contributed by atoms with Gasteiger partial charge in [-0.1, -0.05) is 0 Å². The molecule has 3 heterocycles. The maximum atomic E-state index is 13.3. The van der Waals surface area contributed by atoms with Gasteiger partial charge in [0.1, 0.15) is 11.5 Å². The molecule has 9 heteroatoms. The summed E-state index contributed by atoms with van der Waals surface area (Å²) in [5.41, 5.74) is 1.50. The van der Waals surface area contributed by atoms with Gasteiger partial charge in [-0.25, -0.2) is 9.97 Å². The summed E-state index contributed by atoms with van der Waals surface area (Å²) in [5, 5.41) is 3.43. The lowest BCUT2D eigenvalue weighted by Gasteiger charge is -2.29. The Balaban J connectivity index is 0.00000140. The van der Waals surface area contributed by atoms with E-state index in [0.717, 1.165) is 50.4 Å². The lowest BCUT2D eigenvalue weighted by molar-refractivity contribution is 0.0678. The fraction of sp³-hybridized carbons (Fsp3) is 0.579. The zero-order chi connectivity index (χ0) is 18.1. The number of hydrogen-bond donors (Lipinski definition) is 1. The molecule has 1 N–H and O–H groups in total. The van der Waals surface area contributed by atoms with Gasteiger partial charge in [0.15, 0.2) is 0 Å². The lowest BCUT2D eigenvalue weighted by Crippen LogP contribution is -2.40. The maximum Gasteiger partial charge on any atom is 0.274 e. The lowest BCUT2D eigenvalue weighted by atomic mass is 9.93. The van der Waals surface area contributed by atoms with Crippen LogP contribution >= 0.6 is 24.8 Å².